The van der Waals surface area contributed by atoms with Gasteiger partial charge in [-0.15, -0.1) is 11.8 Å². The van der Waals surface area contributed by atoms with Crippen molar-refractivity contribution in [2.24, 2.45) is 5.92 Å². The molecule has 2 N–H and O–H groups in total. The fourth-order valence-corrected chi connectivity index (χ4v) is 7.74. The van der Waals surface area contributed by atoms with Gasteiger partial charge in [0.15, 0.2) is 39.1 Å². The van der Waals surface area contributed by atoms with E-state index in [1.54, 1.807) is 18.2 Å². The predicted octanol–water partition coefficient (Wildman–Crippen LogP) is 5.61. The lowest BCUT2D eigenvalue weighted by Gasteiger charge is -2.26. The number of esters is 1. The first-order valence-corrected chi connectivity index (χ1v) is 17.9. The second-order valence-electron chi connectivity index (χ2n) is 10.8. The van der Waals surface area contributed by atoms with Crippen LogP contribution in [0.2, 0.25) is 10.0 Å². The van der Waals surface area contributed by atoms with Crippen molar-refractivity contribution in [3.63, 3.8) is 0 Å². The SMILES string of the molecule is O=C(O[C@@H](Cc1c(Cl)c[nH+]cc1Cl)c1ccc(OC(F)F)c(OCC2CC2)c1)[C@@H]1SCCN1C(=O)CCS(=O)(=O)c1ccccc1.[OH-]. The van der Waals surface area contributed by atoms with Gasteiger partial charge in [-0.1, -0.05) is 47.5 Å². The minimum Gasteiger partial charge on any atom is -0.870 e. The molecule has 2 atom stereocenters. The summed E-state index contributed by atoms with van der Waals surface area (Å²) >= 11 is 14.0. The molecule has 47 heavy (non-hydrogen) atoms. The molecule has 1 saturated carbocycles. The van der Waals surface area contributed by atoms with Gasteiger partial charge < -0.3 is 24.6 Å². The fourth-order valence-electron chi connectivity index (χ4n) is 4.84. The highest BCUT2D eigenvalue weighted by atomic mass is 35.5. The number of benzene rings is 2. The number of aromatic nitrogens is 1. The molecule has 2 aliphatic rings. The normalized spacial score (nSPS) is 16.8. The Morgan fingerprint density at radius 2 is 1.74 bits per heavy atom. The van der Waals surface area contributed by atoms with E-state index in [-0.39, 0.29) is 51.3 Å². The van der Waals surface area contributed by atoms with Crippen molar-refractivity contribution in [1.82, 2.24) is 4.90 Å². The number of carbonyl (C=O) groups excluding carboxylic acids is 2. The van der Waals surface area contributed by atoms with Gasteiger partial charge in [0.05, 0.1) is 17.3 Å². The summed E-state index contributed by atoms with van der Waals surface area (Å²) in [6.07, 6.45) is 3.65. The molecule has 0 radical (unpaired) electrons. The first-order valence-electron chi connectivity index (χ1n) is 14.5. The van der Waals surface area contributed by atoms with Crippen LogP contribution in [0.3, 0.4) is 0 Å². The molecule has 1 aliphatic heterocycles. The minimum absolute atomic E-state index is 0. The second kappa shape index (κ2) is 16.3. The van der Waals surface area contributed by atoms with Crippen LogP contribution in [0.25, 0.3) is 0 Å². The van der Waals surface area contributed by atoms with Gasteiger partial charge in [-0.3, -0.25) is 4.79 Å². The van der Waals surface area contributed by atoms with Crippen LogP contribution in [0, 0.1) is 5.92 Å². The summed E-state index contributed by atoms with van der Waals surface area (Å²) in [4.78, 5) is 31.1. The third-order valence-corrected chi connectivity index (χ3v) is 11.1. The van der Waals surface area contributed by atoms with Crippen molar-refractivity contribution in [2.45, 2.75) is 48.7 Å². The van der Waals surface area contributed by atoms with Crippen LogP contribution in [-0.2, 0) is 30.6 Å². The second-order valence-corrected chi connectivity index (χ2v) is 14.9. The van der Waals surface area contributed by atoms with Crippen LogP contribution in [0.15, 0.2) is 65.8 Å². The lowest BCUT2D eigenvalue weighted by molar-refractivity contribution is -0.377. The number of sulfone groups is 1. The molecular weight excluding hydrogens is 701 g/mol. The van der Waals surface area contributed by atoms with E-state index < -0.39 is 45.6 Å². The van der Waals surface area contributed by atoms with Gasteiger partial charge in [0.1, 0.15) is 16.1 Å². The van der Waals surface area contributed by atoms with Crippen LogP contribution < -0.4 is 14.5 Å². The van der Waals surface area contributed by atoms with Crippen molar-refractivity contribution in [1.29, 1.82) is 0 Å². The van der Waals surface area contributed by atoms with Gasteiger partial charge in [-0.25, -0.2) is 18.2 Å². The third kappa shape index (κ3) is 9.69. The highest BCUT2D eigenvalue weighted by Gasteiger charge is 2.38. The first kappa shape index (κ1) is 36.7. The molecule has 16 heteroatoms. The van der Waals surface area contributed by atoms with Crippen LogP contribution in [-0.4, -0.2) is 67.3 Å². The number of halogens is 4. The molecule has 10 nitrogen and oxygen atoms in total. The number of carbonyl (C=O) groups is 2. The molecule has 2 aromatic carbocycles. The average Bonchev–Trinajstić information content (AvgIpc) is 3.73. The molecular formula is C31H32Cl2F2N2O8S2. The molecule has 1 saturated heterocycles. The number of H-pyrrole nitrogens is 1. The fraction of sp³-hybridized carbons (Fsp3) is 0.387. The zero-order valence-electron chi connectivity index (χ0n) is 24.8. The van der Waals surface area contributed by atoms with Crippen LogP contribution in [0.5, 0.6) is 11.5 Å². The van der Waals surface area contributed by atoms with E-state index in [0.29, 0.717) is 29.4 Å². The van der Waals surface area contributed by atoms with E-state index >= 15 is 0 Å². The largest absolute Gasteiger partial charge is 0.870 e. The number of hydrogen-bond acceptors (Lipinski definition) is 9. The van der Waals surface area contributed by atoms with Crippen molar-refractivity contribution < 1.29 is 51.5 Å². The average molecular weight is 734 g/mol. The summed E-state index contributed by atoms with van der Waals surface area (Å²) in [5, 5.41) is -0.470. The molecule has 0 spiro atoms. The Hall–Kier alpha value is -3.17. The zero-order chi connectivity index (χ0) is 32.8. The molecule has 5 rings (SSSR count). The topological polar surface area (TPSA) is 143 Å². The van der Waals surface area contributed by atoms with Gasteiger partial charge in [0.25, 0.3) is 0 Å². The van der Waals surface area contributed by atoms with Gasteiger partial charge in [-0.2, -0.15) is 8.78 Å². The number of nitrogens with zero attached hydrogens (tertiary/aromatic N) is 1. The van der Waals surface area contributed by atoms with E-state index in [1.165, 1.54) is 59.4 Å². The van der Waals surface area contributed by atoms with E-state index in [2.05, 4.69) is 9.72 Å². The predicted molar refractivity (Wildman–Crippen MR) is 170 cm³/mol. The summed E-state index contributed by atoms with van der Waals surface area (Å²) in [5.41, 5.74) is 0.863. The number of nitrogens with one attached hydrogen (secondary N) is 1. The first-order chi connectivity index (χ1) is 22.0. The molecule has 0 unspecified atom stereocenters. The Labute approximate surface area is 284 Å². The third-order valence-electron chi connectivity index (χ3n) is 7.47. The molecule has 254 valence electrons. The number of hydrogen-bond donors (Lipinski definition) is 0. The summed E-state index contributed by atoms with van der Waals surface area (Å²) in [7, 11) is -3.71. The van der Waals surface area contributed by atoms with Gasteiger partial charge in [0.2, 0.25) is 5.91 Å². The standard InChI is InChI=1S/C31H30Cl2F2N2O7S2.H2O/c32-23-16-36-17-24(33)22(23)15-26(20-8-9-25(44-31(34)35)27(14-20)42-18-19-6-7-19)43-30(39)29-37(11-12-45-29)28(38)10-13-46(40,41)21-4-2-1-3-5-21;/h1-5,8-9,14,16-17,19,26,29,31H,6-7,10-13,15,18H2;1H2/t26-,29-;/m0./s1. The maximum atomic E-state index is 13.7. The van der Waals surface area contributed by atoms with Gasteiger partial charge >= 0.3 is 12.6 Å². The summed E-state index contributed by atoms with van der Waals surface area (Å²) in [5.74, 6) is -1.00. The Kier molecular flexibility index (Phi) is 12.7. The maximum Gasteiger partial charge on any atom is 0.387 e. The zero-order valence-corrected chi connectivity index (χ0v) is 28.0. The lowest BCUT2D eigenvalue weighted by atomic mass is 10.0. The summed E-state index contributed by atoms with van der Waals surface area (Å²) in [6.45, 7) is -2.54. The van der Waals surface area contributed by atoms with Gasteiger partial charge in [0, 0.05) is 30.7 Å². The lowest BCUT2D eigenvalue weighted by Crippen LogP contribution is -2.41. The van der Waals surface area contributed by atoms with Crippen molar-refractivity contribution in [2.75, 3.05) is 24.7 Å². The number of rotatable bonds is 14. The molecule has 2 heterocycles. The Balaban J connectivity index is 0.00000500. The molecule has 0 bridgehead atoms. The van der Waals surface area contributed by atoms with E-state index in [0.717, 1.165) is 12.8 Å². The number of thioether (sulfide) groups is 1. The number of ether oxygens (including phenoxy) is 3. The molecule has 2 fully saturated rings. The van der Waals surface area contributed by atoms with E-state index in [4.69, 9.17) is 32.7 Å². The Bertz CT molecular complexity index is 1650. The molecule has 1 amide bonds. The van der Waals surface area contributed by atoms with Crippen LogP contribution in [0.4, 0.5) is 8.78 Å². The summed E-state index contributed by atoms with van der Waals surface area (Å²) in [6, 6.07) is 12.1. The summed E-state index contributed by atoms with van der Waals surface area (Å²) < 4.78 is 68.3. The number of aromatic amines is 1. The number of amides is 1. The number of pyridine rings is 1. The van der Waals surface area contributed by atoms with Gasteiger partial charge in [-0.05, 0) is 48.6 Å². The Morgan fingerprint density at radius 3 is 2.40 bits per heavy atom. The van der Waals surface area contributed by atoms with Crippen molar-refractivity contribution >= 4 is 56.7 Å². The van der Waals surface area contributed by atoms with Crippen LogP contribution >= 0.6 is 35.0 Å². The van der Waals surface area contributed by atoms with E-state index in [9.17, 15) is 26.8 Å². The quantitative estimate of drug-likeness (QED) is 0.193. The minimum atomic E-state index is -3.71. The highest BCUT2D eigenvalue weighted by molar-refractivity contribution is 8.00. The van der Waals surface area contributed by atoms with Crippen molar-refractivity contribution in [3.05, 3.63) is 82.1 Å². The van der Waals surface area contributed by atoms with Crippen LogP contribution in [0.1, 0.15) is 36.5 Å². The molecule has 3 aromatic rings. The monoisotopic (exact) mass is 732 g/mol. The number of alkyl halides is 2. The molecule has 1 aromatic heterocycles. The smallest absolute Gasteiger partial charge is 0.387 e. The van der Waals surface area contributed by atoms with E-state index in [1.807, 2.05) is 0 Å². The molecule has 1 aliphatic carbocycles. The van der Waals surface area contributed by atoms with Crippen molar-refractivity contribution in [3.8, 4) is 11.5 Å². The maximum absolute atomic E-state index is 13.7. The highest BCUT2D eigenvalue weighted by Crippen LogP contribution is 2.38. The Morgan fingerprint density at radius 1 is 1.04 bits per heavy atom.